The number of hydrogen-bond acceptors (Lipinski definition) is 5. The molecule has 0 fully saturated rings. The third kappa shape index (κ3) is 6.18. The summed E-state index contributed by atoms with van der Waals surface area (Å²) < 4.78 is 81.6. The molecular weight excluding hydrogens is 556 g/mol. The van der Waals surface area contributed by atoms with Gasteiger partial charge in [-0.3, -0.25) is 9.13 Å². The van der Waals surface area contributed by atoms with E-state index < -0.39 is 48.9 Å². The lowest BCUT2D eigenvalue weighted by atomic mass is 10.1. The summed E-state index contributed by atoms with van der Waals surface area (Å²) in [5.74, 6) is -0.233. The molecule has 2 unspecified atom stereocenters. The largest absolute Gasteiger partial charge is 0.416 e. The maximum absolute atomic E-state index is 13.2. The first-order chi connectivity index (χ1) is 18.1. The SMILES string of the molecule is CC(O)c1nc(Cn2cc(-c3ccc(Cl)cc3)n(CC(O)C(F)(F)F)c2=O)nn1-c1cccc(C(F)(F)F)c1. The number of imidazole rings is 1. The number of benzene rings is 2. The van der Waals surface area contributed by atoms with Crippen molar-refractivity contribution in [2.24, 2.45) is 0 Å². The molecule has 39 heavy (non-hydrogen) atoms. The lowest BCUT2D eigenvalue weighted by Gasteiger charge is -2.16. The minimum Gasteiger partial charge on any atom is -0.385 e. The Bertz CT molecular complexity index is 1520. The second-order valence-electron chi connectivity index (χ2n) is 8.62. The van der Waals surface area contributed by atoms with Crippen LogP contribution in [0.1, 0.15) is 30.2 Å². The van der Waals surface area contributed by atoms with E-state index in [9.17, 15) is 41.4 Å². The highest BCUT2D eigenvalue weighted by atomic mass is 35.5. The molecule has 0 aliphatic heterocycles. The van der Waals surface area contributed by atoms with Crippen LogP contribution in [0.3, 0.4) is 0 Å². The average Bonchev–Trinajstić information content (AvgIpc) is 3.41. The average molecular weight is 576 g/mol. The van der Waals surface area contributed by atoms with Gasteiger partial charge in [0.25, 0.3) is 0 Å². The van der Waals surface area contributed by atoms with Crippen LogP contribution in [0.5, 0.6) is 0 Å². The molecule has 0 radical (unpaired) electrons. The van der Waals surface area contributed by atoms with Crippen molar-refractivity contribution in [3.8, 4) is 16.9 Å². The first-order valence-corrected chi connectivity index (χ1v) is 11.6. The molecule has 2 atom stereocenters. The van der Waals surface area contributed by atoms with Crippen molar-refractivity contribution in [2.45, 2.75) is 44.6 Å². The summed E-state index contributed by atoms with van der Waals surface area (Å²) in [6.07, 6.45) is -12.5. The Kier molecular flexibility index (Phi) is 7.65. The summed E-state index contributed by atoms with van der Waals surface area (Å²) in [7, 11) is 0. The maximum Gasteiger partial charge on any atom is 0.416 e. The molecule has 0 spiro atoms. The number of aliphatic hydroxyl groups excluding tert-OH is 2. The Morgan fingerprint density at radius 3 is 2.28 bits per heavy atom. The summed E-state index contributed by atoms with van der Waals surface area (Å²) >= 11 is 5.89. The molecule has 208 valence electrons. The summed E-state index contributed by atoms with van der Waals surface area (Å²) in [4.78, 5) is 17.3. The maximum atomic E-state index is 13.2. The smallest absolute Gasteiger partial charge is 0.385 e. The molecule has 2 aromatic carbocycles. The van der Waals surface area contributed by atoms with Gasteiger partial charge in [0.1, 0.15) is 6.10 Å². The Labute approximate surface area is 221 Å². The predicted octanol–water partition coefficient (Wildman–Crippen LogP) is 4.59. The predicted molar refractivity (Wildman–Crippen MR) is 127 cm³/mol. The van der Waals surface area contributed by atoms with Gasteiger partial charge in [-0.1, -0.05) is 29.8 Å². The summed E-state index contributed by atoms with van der Waals surface area (Å²) in [5.41, 5.74) is -1.58. The van der Waals surface area contributed by atoms with E-state index in [4.69, 9.17) is 11.6 Å². The van der Waals surface area contributed by atoms with Crippen LogP contribution in [-0.4, -0.2) is 46.4 Å². The van der Waals surface area contributed by atoms with Crippen LogP contribution in [0.4, 0.5) is 26.3 Å². The first-order valence-electron chi connectivity index (χ1n) is 11.3. The lowest BCUT2D eigenvalue weighted by molar-refractivity contribution is -0.207. The molecule has 8 nitrogen and oxygen atoms in total. The van der Waals surface area contributed by atoms with Gasteiger partial charge in [0, 0.05) is 11.2 Å². The molecule has 0 bridgehead atoms. The molecule has 0 saturated carbocycles. The Balaban J connectivity index is 1.77. The minimum absolute atomic E-state index is 0.0352. The molecule has 0 amide bonds. The second-order valence-corrected chi connectivity index (χ2v) is 9.06. The molecule has 2 heterocycles. The number of halogens is 7. The van der Waals surface area contributed by atoms with Crippen LogP contribution < -0.4 is 5.69 Å². The van der Waals surface area contributed by atoms with Gasteiger partial charge in [-0.2, -0.15) is 26.3 Å². The van der Waals surface area contributed by atoms with E-state index in [1.807, 2.05) is 0 Å². The van der Waals surface area contributed by atoms with Crippen molar-refractivity contribution in [3.05, 3.63) is 87.4 Å². The monoisotopic (exact) mass is 575 g/mol. The van der Waals surface area contributed by atoms with Gasteiger partial charge < -0.3 is 10.2 Å². The van der Waals surface area contributed by atoms with Gasteiger partial charge in [-0.05, 0) is 42.8 Å². The second kappa shape index (κ2) is 10.5. The van der Waals surface area contributed by atoms with Gasteiger partial charge in [0.05, 0.1) is 30.0 Å². The highest BCUT2D eigenvalue weighted by Gasteiger charge is 2.39. The Morgan fingerprint density at radius 2 is 1.69 bits per heavy atom. The van der Waals surface area contributed by atoms with Crippen LogP contribution in [-0.2, 0) is 19.3 Å². The zero-order chi connectivity index (χ0) is 28.7. The topological polar surface area (TPSA) is 98.1 Å². The molecule has 2 aromatic heterocycles. The van der Waals surface area contributed by atoms with E-state index in [1.54, 1.807) is 0 Å². The summed E-state index contributed by atoms with van der Waals surface area (Å²) in [6.45, 7) is -0.184. The van der Waals surface area contributed by atoms with Gasteiger partial charge in [0.2, 0.25) is 0 Å². The van der Waals surface area contributed by atoms with E-state index in [-0.39, 0.29) is 23.0 Å². The van der Waals surface area contributed by atoms with Gasteiger partial charge >= 0.3 is 18.0 Å². The molecule has 2 N–H and O–H groups in total. The highest BCUT2D eigenvalue weighted by Crippen LogP contribution is 2.31. The van der Waals surface area contributed by atoms with Crippen LogP contribution in [0.15, 0.2) is 59.5 Å². The van der Waals surface area contributed by atoms with E-state index >= 15 is 0 Å². The first kappa shape index (κ1) is 28.4. The highest BCUT2D eigenvalue weighted by molar-refractivity contribution is 6.30. The Morgan fingerprint density at radius 1 is 1.03 bits per heavy atom. The lowest BCUT2D eigenvalue weighted by Crippen LogP contribution is -2.37. The fraction of sp³-hybridized carbons (Fsp3) is 0.292. The molecule has 15 heteroatoms. The zero-order valence-electron chi connectivity index (χ0n) is 19.9. The number of aromatic nitrogens is 5. The van der Waals surface area contributed by atoms with Gasteiger partial charge in [-0.15, -0.1) is 5.10 Å². The number of hydrogen-bond donors (Lipinski definition) is 2. The zero-order valence-corrected chi connectivity index (χ0v) is 20.7. The van der Waals surface area contributed by atoms with Crippen LogP contribution in [0, 0.1) is 0 Å². The Hall–Kier alpha value is -3.62. The molecule has 4 rings (SSSR count). The van der Waals surface area contributed by atoms with E-state index in [2.05, 4.69) is 10.1 Å². The number of rotatable bonds is 7. The molecular formula is C24H20ClF6N5O3. The molecule has 0 saturated heterocycles. The number of aliphatic hydroxyl groups is 2. The minimum atomic E-state index is -4.99. The number of alkyl halides is 6. The van der Waals surface area contributed by atoms with E-state index in [0.717, 1.165) is 32.0 Å². The van der Waals surface area contributed by atoms with Gasteiger partial charge in [-0.25, -0.2) is 14.5 Å². The van der Waals surface area contributed by atoms with Crippen LogP contribution in [0.2, 0.25) is 5.02 Å². The summed E-state index contributed by atoms with van der Waals surface area (Å²) in [6, 6.07) is 10.0. The van der Waals surface area contributed by atoms with Crippen LogP contribution in [0.25, 0.3) is 16.9 Å². The summed E-state index contributed by atoms with van der Waals surface area (Å²) in [5, 5.41) is 24.3. The third-order valence-electron chi connectivity index (χ3n) is 5.70. The van der Waals surface area contributed by atoms with Crippen molar-refractivity contribution < 1.29 is 36.6 Å². The van der Waals surface area contributed by atoms with Crippen molar-refractivity contribution in [1.82, 2.24) is 23.9 Å². The fourth-order valence-electron chi connectivity index (χ4n) is 3.81. The number of nitrogens with zero attached hydrogens (tertiary/aromatic N) is 5. The molecule has 4 aromatic rings. The quantitative estimate of drug-likeness (QED) is 0.314. The standard InChI is InChI=1S/C24H20ClF6N5O3/c1-13(37)21-32-20(33-36(21)17-4-2-3-15(9-17)23(26,27)28)12-34-10-18(14-5-7-16(25)8-6-14)35(22(34)39)11-19(38)24(29,30)31/h2-10,13,19,37-38H,11-12H2,1H3. The normalized spacial score (nSPS) is 14.0. The fourth-order valence-corrected chi connectivity index (χ4v) is 3.94. The van der Waals surface area contributed by atoms with Crippen molar-refractivity contribution in [2.75, 3.05) is 0 Å². The van der Waals surface area contributed by atoms with E-state index in [0.29, 0.717) is 10.6 Å². The van der Waals surface area contributed by atoms with Crippen molar-refractivity contribution in [3.63, 3.8) is 0 Å². The van der Waals surface area contributed by atoms with Crippen LogP contribution >= 0.6 is 11.6 Å². The molecule has 0 aliphatic carbocycles. The third-order valence-corrected chi connectivity index (χ3v) is 5.95. The van der Waals surface area contributed by atoms with Gasteiger partial charge in [0.15, 0.2) is 17.8 Å². The molecule has 0 aliphatic rings. The van der Waals surface area contributed by atoms with Crippen molar-refractivity contribution >= 4 is 11.6 Å². The van der Waals surface area contributed by atoms with E-state index in [1.165, 1.54) is 43.5 Å². The van der Waals surface area contributed by atoms with Crippen molar-refractivity contribution in [1.29, 1.82) is 0 Å².